The first-order valence-electron chi connectivity index (χ1n) is 8.59. The number of halogens is 3. The van der Waals surface area contributed by atoms with E-state index in [0.29, 0.717) is 40.1 Å². The van der Waals surface area contributed by atoms with Crippen LogP contribution >= 0.6 is 15.9 Å². The predicted octanol–water partition coefficient (Wildman–Crippen LogP) is 3.98. The summed E-state index contributed by atoms with van der Waals surface area (Å²) in [5, 5.41) is 9.68. The topological polar surface area (TPSA) is 79.7 Å². The molecule has 0 spiro atoms. The van der Waals surface area contributed by atoms with Crippen molar-refractivity contribution in [3.05, 3.63) is 52.3 Å². The van der Waals surface area contributed by atoms with Gasteiger partial charge in [0.1, 0.15) is 11.4 Å². The molecule has 1 atom stereocenters. The molecule has 0 aliphatic carbocycles. The maximum absolute atomic E-state index is 14.6. The molecule has 1 aromatic carbocycles. The number of benzene rings is 1. The van der Waals surface area contributed by atoms with Gasteiger partial charge in [-0.25, -0.2) is 13.8 Å². The molecule has 146 valence electrons. The fourth-order valence-corrected chi connectivity index (χ4v) is 3.43. The molecule has 3 heterocycles. The number of nitrogens with zero attached hydrogens (tertiary/aromatic N) is 2. The van der Waals surface area contributed by atoms with Crippen LogP contribution in [-0.4, -0.2) is 40.7 Å². The van der Waals surface area contributed by atoms with Crippen molar-refractivity contribution in [1.29, 1.82) is 0 Å². The third-order valence-electron chi connectivity index (χ3n) is 4.38. The number of hydrogen-bond acceptors (Lipinski definition) is 5. The summed E-state index contributed by atoms with van der Waals surface area (Å²) in [5.41, 5.74) is 0.918. The van der Waals surface area contributed by atoms with E-state index in [2.05, 4.69) is 30.9 Å². The van der Waals surface area contributed by atoms with Gasteiger partial charge in [0.05, 0.1) is 25.1 Å². The Kier molecular flexibility index (Phi) is 5.27. The third kappa shape index (κ3) is 3.72. The molecule has 3 aromatic rings. The van der Waals surface area contributed by atoms with Gasteiger partial charge in [0.15, 0.2) is 23.3 Å². The Morgan fingerprint density at radius 2 is 2.11 bits per heavy atom. The smallest absolute Gasteiger partial charge is 0.198 e. The second-order valence-corrected chi connectivity index (χ2v) is 7.29. The summed E-state index contributed by atoms with van der Waals surface area (Å²) in [4.78, 5) is 11.3. The van der Waals surface area contributed by atoms with Crippen LogP contribution in [0.1, 0.15) is 5.56 Å². The van der Waals surface area contributed by atoms with E-state index in [4.69, 9.17) is 14.6 Å². The molecule has 2 aromatic heterocycles. The van der Waals surface area contributed by atoms with E-state index in [0.717, 1.165) is 0 Å². The van der Waals surface area contributed by atoms with Crippen molar-refractivity contribution in [2.75, 3.05) is 19.8 Å². The Bertz CT molecular complexity index is 1030. The molecule has 0 bridgehead atoms. The van der Waals surface area contributed by atoms with Gasteiger partial charge in [-0.3, -0.25) is 4.99 Å². The molecule has 1 unspecified atom stereocenters. The number of H-pyrrole nitrogens is 1. The summed E-state index contributed by atoms with van der Waals surface area (Å²) in [6.45, 7) is 0.762. The second-order valence-electron chi connectivity index (χ2n) is 6.43. The van der Waals surface area contributed by atoms with Crippen LogP contribution in [0.15, 0.2) is 40.1 Å². The Morgan fingerprint density at radius 1 is 1.32 bits per heavy atom. The number of nitrogens with one attached hydrogen (secondary N) is 1. The summed E-state index contributed by atoms with van der Waals surface area (Å²) >= 11 is 3.36. The zero-order valence-corrected chi connectivity index (χ0v) is 16.2. The summed E-state index contributed by atoms with van der Waals surface area (Å²) in [7, 11) is 0. The molecule has 0 amide bonds. The van der Waals surface area contributed by atoms with E-state index >= 15 is 0 Å². The quantitative estimate of drug-likeness (QED) is 0.614. The molecular weight excluding hydrogens is 436 g/mol. The Balaban J connectivity index is 1.58. The second kappa shape index (κ2) is 7.84. The fraction of sp³-hybridized carbons (Fsp3) is 0.263. The maximum Gasteiger partial charge on any atom is 0.198 e. The molecular formula is C19H16BrF2N3O3. The van der Waals surface area contributed by atoms with Gasteiger partial charge in [-0.2, -0.15) is 0 Å². The average molecular weight is 452 g/mol. The van der Waals surface area contributed by atoms with Crippen LogP contribution in [0.5, 0.6) is 11.5 Å². The normalized spacial score (nSPS) is 16.7. The highest BCUT2D eigenvalue weighted by Gasteiger charge is 2.20. The SMILES string of the molecule is OCC1CN=C(Cc2cc(F)c(Oc3ccnc4[nH]cc(Br)c34)c(F)c2)OC1. The molecule has 0 fully saturated rings. The van der Waals surface area contributed by atoms with Crippen molar-refractivity contribution < 1.29 is 23.4 Å². The molecule has 0 saturated carbocycles. The maximum atomic E-state index is 14.6. The van der Waals surface area contributed by atoms with Crippen molar-refractivity contribution in [3.63, 3.8) is 0 Å². The van der Waals surface area contributed by atoms with Gasteiger partial charge in [0.2, 0.25) is 0 Å². The number of aromatic nitrogens is 2. The van der Waals surface area contributed by atoms with E-state index in [-0.39, 0.29) is 24.7 Å². The molecule has 1 aliphatic heterocycles. The van der Waals surface area contributed by atoms with Crippen molar-refractivity contribution in [2.24, 2.45) is 10.9 Å². The molecule has 0 saturated heterocycles. The van der Waals surface area contributed by atoms with Gasteiger partial charge in [-0.15, -0.1) is 0 Å². The van der Waals surface area contributed by atoms with Gasteiger partial charge in [-0.05, 0) is 39.7 Å². The molecule has 2 N–H and O–H groups in total. The minimum absolute atomic E-state index is 0.00833. The van der Waals surface area contributed by atoms with Gasteiger partial charge in [0, 0.05) is 29.2 Å². The number of hydrogen-bond donors (Lipinski definition) is 2. The van der Waals surface area contributed by atoms with Crippen LogP contribution in [0.3, 0.4) is 0 Å². The van der Waals surface area contributed by atoms with Crippen LogP contribution in [0.2, 0.25) is 0 Å². The molecule has 0 radical (unpaired) electrons. The summed E-state index contributed by atoms with van der Waals surface area (Å²) in [6.07, 6.45) is 3.32. The van der Waals surface area contributed by atoms with E-state index in [9.17, 15) is 8.78 Å². The Hall–Kier alpha value is -2.52. The van der Waals surface area contributed by atoms with Crippen molar-refractivity contribution in [1.82, 2.24) is 9.97 Å². The lowest BCUT2D eigenvalue weighted by molar-refractivity contribution is 0.146. The van der Waals surface area contributed by atoms with Gasteiger partial charge < -0.3 is 19.6 Å². The number of ether oxygens (including phenoxy) is 2. The van der Waals surface area contributed by atoms with Crippen molar-refractivity contribution >= 4 is 32.9 Å². The largest absolute Gasteiger partial charge is 0.480 e. The first-order chi connectivity index (χ1) is 13.5. The highest BCUT2D eigenvalue weighted by Crippen LogP contribution is 2.36. The predicted molar refractivity (Wildman–Crippen MR) is 103 cm³/mol. The fourth-order valence-electron chi connectivity index (χ4n) is 2.93. The zero-order chi connectivity index (χ0) is 19.7. The van der Waals surface area contributed by atoms with Crippen LogP contribution < -0.4 is 4.74 Å². The average Bonchev–Trinajstić information content (AvgIpc) is 3.07. The number of pyridine rings is 1. The molecule has 6 nitrogen and oxygen atoms in total. The number of aliphatic hydroxyl groups is 1. The number of aromatic amines is 1. The minimum atomic E-state index is -0.823. The third-order valence-corrected chi connectivity index (χ3v) is 5.01. The zero-order valence-electron chi connectivity index (χ0n) is 14.6. The van der Waals surface area contributed by atoms with Crippen LogP contribution in [0, 0.1) is 17.6 Å². The lowest BCUT2D eigenvalue weighted by atomic mass is 10.1. The minimum Gasteiger partial charge on any atom is -0.480 e. The lowest BCUT2D eigenvalue weighted by Gasteiger charge is -2.20. The van der Waals surface area contributed by atoms with Gasteiger partial charge >= 0.3 is 0 Å². The molecule has 28 heavy (non-hydrogen) atoms. The summed E-state index contributed by atoms with van der Waals surface area (Å²) in [6, 6.07) is 3.94. The monoisotopic (exact) mass is 451 g/mol. The number of fused-ring (bicyclic) bond motifs is 1. The van der Waals surface area contributed by atoms with Crippen LogP contribution in [0.25, 0.3) is 11.0 Å². The van der Waals surface area contributed by atoms with E-state index in [1.54, 1.807) is 6.20 Å². The van der Waals surface area contributed by atoms with Crippen LogP contribution in [-0.2, 0) is 11.2 Å². The first kappa shape index (κ1) is 18.8. The number of aliphatic hydroxyl groups excluding tert-OH is 1. The van der Waals surface area contributed by atoms with Crippen molar-refractivity contribution in [2.45, 2.75) is 6.42 Å². The van der Waals surface area contributed by atoms with Gasteiger partial charge in [-0.1, -0.05) is 0 Å². The standard InChI is InChI=1S/C19H16BrF2N3O3/c20-12-7-25-19-17(12)15(1-2-23-19)28-18-13(21)3-10(4-14(18)22)5-16-24-6-11(8-26)9-27-16/h1-4,7,11,26H,5-6,8-9H2,(H,23,25). The molecule has 1 aliphatic rings. The summed E-state index contributed by atoms with van der Waals surface area (Å²) in [5.74, 6) is -1.51. The van der Waals surface area contributed by atoms with E-state index in [1.165, 1.54) is 24.4 Å². The van der Waals surface area contributed by atoms with Crippen molar-refractivity contribution in [3.8, 4) is 11.5 Å². The Morgan fingerprint density at radius 3 is 2.79 bits per heavy atom. The van der Waals surface area contributed by atoms with E-state index in [1.807, 2.05) is 0 Å². The Labute approximate surface area is 167 Å². The number of rotatable bonds is 5. The van der Waals surface area contributed by atoms with E-state index < -0.39 is 17.4 Å². The molecule has 4 rings (SSSR count). The first-order valence-corrected chi connectivity index (χ1v) is 9.38. The number of aliphatic imine (C=N–C) groups is 1. The highest BCUT2D eigenvalue weighted by molar-refractivity contribution is 9.10. The van der Waals surface area contributed by atoms with Crippen LogP contribution in [0.4, 0.5) is 8.78 Å². The highest BCUT2D eigenvalue weighted by atomic mass is 79.9. The molecule has 9 heteroatoms. The van der Waals surface area contributed by atoms with Gasteiger partial charge in [0.25, 0.3) is 0 Å². The summed E-state index contributed by atoms with van der Waals surface area (Å²) < 4.78 is 40.8. The lowest BCUT2D eigenvalue weighted by Crippen LogP contribution is -2.26.